The summed E-state index contributed by atoms with van der Waals surface area (Å²) in [7, 11) is -4.16. The Hall–Kier alpha value is -4.43. The van der Waals surface area contributed by atoms with Crippen molar-refractivity contribution in [2.24, 2.45) is 0 Å². The SMILES string of the molecule is CCCCNC(=O)C(Cc1ccccc1)N(Cc1ccccc1C)C(=O)CN(c1cc(C)ccc1C)S(=O)(=O)c1ccc(C)cc1. The number of hydrogen-bond acceptors (Lipinski definition) is 4. The summed E-state index contributed by atoms with van der Waals surface area (Å²) in [4.78, 5) is 30.2. The van der Waals surface area contributed by atoms with Gasteiger partial charge >= 0.3 is 0 Å². The average Bonchev–Trinajstić information content (AvgIpc) is 3.04. The minimum atomic E-state index is -4.16. The Morgan fingerprint density at radius 1 is 0.783 bits per heavy atom. The second-order valence-electron chi connectivity index (χ2n) is 11.9. The zero-order chi connectivity index (χ0) is 33.3. The summed E-state index contributed by atoms with van der Waals surface area (Å²) in [6.45, 7) is 9.81. The number of benzene rings is 4. The normalized spacial score (nSPS) is 11.9. The van der Waals surface area contributed by atoms with Crippen LogP contribution < -0.4 is 9.62 Å². The summed E-state index contributed by atoms with van der Waals surface area (Å²) < 4.78 is 29.8. The number of nitrogens with zero attached hydrogens (tertiary/aromatic N) is 2. The van der Waals surface area contributed by atoms with Crippen LogP contribution in [0.25, 0.3) is 0 Å². The Morgan fingerprint density at radius 3 is 2.11 bits per heavy atom. The van der Waals surface area contributed by atoms with Gasteiger partial charge in [-0.3, -0.25) is 13.9 Å². The Morgan fingerprint density at radius 2 is 1.43 bits per heavy atom. The minimum absolute atomic E-state index is 0.0930. The number of sulfonamides is 1. The maximum atomic E-state index is 14.7. The number of rotatable bonds is 14. The first-order valence-corrected chi connectivity index (χ1v) is 17.3. The zero-order valence-corrected chi connectivity index (χ0v) is 28.3. The average molecular weight is 640 g/mol. The van der Waals surface area contributed by atoms with Gasteiger partial charge in [-0.15, -0.1) is 0 Å². The lowest BCUT2D eigenvalue weighted by molar-refractivity contribution is -0.140. The van der Waals surface area contributed by atoms with Gasteiger partial charge in [-0.1, -0.05) is 97.8 Å². The van der Waals surface area contributed by atoms with Crippen molar-refractivity contribution in [1.29, 1.82) is 0 Å². The fourth-order valence-electron chi connectivity index (χ4n) is 5.37. The molecule has 4 rings (SSSR count). The molecule has 4 aromatic carbocycles. The molecule has 0 aliphatic carbocycles. The van der Waals surface area contributed by atoms with E-state index in [2.05, 4.69) is 12.2 Å². The van der Waals surface area contributed by atoms with E-state index in [1.165, 1.54) is 4.31 Å². The molecule has 0 saturated heterocycles. The molecular formula is C38H45N3O4S. The first-order valence-electron chi connectivity index (χ1n) is 15.8. The van der Waals surface area contributed by atoms with Crippen molar-refractivity contribution in [1.82, 2.24) is 10.2 Å². The summed E-state index contributed by atoms with van der Waals surface area (Å²) in [6, 6.07) is 28.7. The standard InChI is InChI=1S/C38H45N3O4S/c1-6-7-23-39-38(43)36(25-32-14-9-8-10-15-32)40(26-33-16-12-11-13-30(33)4)37(42)27-41(35-24-29(3)17-20-31(35)5)46(44,45)34-21-18-28(2)19-22-34/h8-22,24,36H,6-7,23,25-27H2,1-5H3,(H,39,43). The third-order valence-corrected chi connectivity index (χ3v) is 10.00. The maximum absolute atomic E-state index is 14.7. The lowest BCUT2D eigenvalue weighted by atomic mass is 10.0. The Balaban J connectivity index is 1.83. The summed E-state index contributed by atoms with van der Waals surface area (Å²) >= 11 is 0. The van der Waals surface area contributed by atoms with Gasteiger partial charge in [0.25, 0.3) is 10.0 Å². The predicted molar refractivity (Wildman–Crippen MR) is 185 cm³/mol. The first-order chi connectivity index (χ1) is 22.0. The van der Waals surface area contributed by atoms with Crippen molar-refractivity contribution in [2.45, 2.75) is 71.4 Å². The van der Waals surface area contributed by atoms with E-state index < -0.39 is 28.5 Å². The van der Waals surface area contributed by atoms with E-state index in [1.54, 1.807) is 35.2 Å². The van der Waals surface area contributed by atoms with Gasteiger partial charge in [-0.2, -0.15) is 0 Å². The summed E-state index contributed by atoms with van der Waals surface area (Å²) in [5.74, 6) is -0.731. The minimum Gasteiger partial charge on any atom is -0.354 e. The van der Waals surface area contributed by atoms with Gasteiger partial charge in [0, 0.05) is 19.5 Å². The molecule has 2 amide bonds. The van der Waals surface area contributed by atoms with Gasteiger partial charge in [-0.25, -0.2) is 8.42 Å². The van der Waals surface area contributed by atoms with Gasteiger partial charge in [0.2, 0.25) is 11.8 Å². The van der Waals surface area contributed by atoms with Crippen molar-refractivity contribution in [3.05, 3.63) is 130 Å². The van der Waals surface area contributed by atoms with Crippen LogP contribution >= 0.6 is 0 Å². The number of amides is 2. The summed E-state index contributed by atoms with van der Waals surface area (Å²) in [6.07, 6.45) is 2.01. The first kappa shape index (κ1) is 34.4. The molecule has 0 radical (unpaired) electrons. The number of nitrogens with one attached hydrogen (secondary N) is 1. The molecule has 4 aromatic rings. The number of carbonyl (C=O) groups is 2. The molecular weight excluding hydrogens is 595 g/mol. The van der Waals surface area contributed by atoms with E-state index in [0.29, 0.717) is 12.2 Å². The third-order valence-electron chi connectivity index (χ3n) is 8.22. The van der Waals surface area contributed by atoms with Gasteiger partial charge in [0.05, 0.1) is 10.6 Å². The zero-order valence-electron chi connectivity index (χ0n) is 27.5. The third kappa shape index (κ3) is 8.63. The lowest BCUT2D eigenvalue weighted by Gasteiger charge is -2.34. The molecule has 0 aromatic heterocycles. The second-order valence-corrected chi connectivity index (χ2v) is 13.8. The highest BCUT2D eigenvalue weighted by Gasteiger charge is 2.35. The molecule has 242 valence electrons. The lowest BCUT2D eigenvalue weighted by Crippen LogP contribution is -2.53. The van der Waals surface area contributed by atoms with Gasteiger partial charge in [0.1, 0.15) is 12.6 Å². The van der Waals surface area contributed by atoms with E-state index >= 15 is 0 Å². The van der Waals surface area contributed by atoms with Gasteiger partial charge in [0.15, 0.2) is 0 Å². The van der Waals surface area contributed by atoms with Crippen molar-refractivity contribution in [3.8, 4) is 0 Å². The van der Waals surface area contributed by atoms with Crippen molar-refractivity contribution >= 4 is 27.5 Å². The smallest absolute Gasteiger partial charge is 0.264 e. The van der Waals surface area contributed by atoms with Crippen molar-refractivity contribution in [2.75, 3.05) is 17.4 Å². The van der Waals surface area contributed by atoms with E-state index in [9.17, 15) is 18.0 Å². The van der Waals surface area contributed by atoms with Crippen molar-refractivity contribution in [3.63, 3.8) is 0 Å². The largest absolute Gasteiger partial charge is 0.354 e. The summed E-state index contributed by atoms with van der Waals surface area (Å²) in [5.41, 5.74) is 5.70. The van der Waals surface area contributed by atoms with E-state index in [1.807, 2.05) is 94.4 Å². The monoisotopic (exact) mass is 639 g/mol. The van der Waals surface area contributed by atoms with Crippen LogP contribution in [-0.2, 0) is 32.6 Å². The molecule has 0 saturated carbocycles. The van der Waals surface area contributed by atoms with Crippen LogP contribution in [0.2, 0.25) is 0 Å². The summed E-state index contributed by atoms with van der Waals surface area (Å²) in [5, 5.41) is 3.04. The molecule has 0 aliphatic heterocycles. The molecule has 8 heteroatoms. The number of hydrogen-bond donors (Lipinski definition) is 1. The van der Waals surface area contributed by atoms with E-state index in [0.717, 1.165) is 46.2 Å². The van der Waals surface area contributed by atoms with Crippen LogP contribution in [0.4, 0.5) is 5.69 Å². The molecule has 0 fully saturated rings. The number of carbonyl (C=O) groups excluding carboxylic acids is 2. The van der Waals surface area contributed by atoms with Crippen LogP contribution in [0.15, 0.2) is 102 Å². The molecule has 7 nitrogen and oxygen atoms in total. The molecule has 46 heavy (non-hydrogen) atoms. The Bertz CT molecular complexity index is 1740. The fourth-order valence-corrected chi connectivity index (χ4v) is 6.84. The molecule has 0 bridgehead atoms. The quantitative estimate of drug-likeness (QED) is 0.156. The predicted octanol–water partition coefficient (Wildman–Crippen LogP) is 6.67. The molecule has 0 heterocycles. The molecule has 1 atom stereocenters. The van der Waals surface area contributed by atoms with Crippen molar-refractivity contribution < 1.29 is 18.0 Å². The second kappa shape index (κ2) is 15.7. The number of aryl methyl sites for hydroxylation is 4. The van der Waals surface area contributed by atoms with E-state index in [-0.39, 0.29) is 23.8 Å². The highest BCUT2D eigenvalue weighted by Crippen LogP contribution is 2.29. The highest BCUT2D eigenvalue weighted by atomic mass is 32.2. The van der Waals surface area contributed by atoms with Crippen LogP contribution in [0.5, 0.6) is 0 Å². The van der Waals surface area contributed by atoms with Gasteiger partial charge < -0.3 is 10.2 Å². The molecule has 0 spiro atoms. The van der Waals surface area contributed by atoms with Crippen LogP contribution in [0.3, 0.4) is 0 Å². The highest BCUT2D eigenvalue weighted by molar-refractivity contribution is 7.92. The van der Waals surface area contributed by atoms with Crippen LogP contribution in [0.1, 0.15) is 53.1 Å². The maximum Gasteiger partial charge on any atom is 0.264 e. The molecule has 0 aliphatic rings. The van der Waals surface area contributed by atoms with Gasteiger partial charge in [-0.05, 0) is 80.1 Å². The molecule has 1 unspecified atom stereocenters. The molecule has 1 N–H and O–H groups in total. The number of anilines is 1. The fraction of sp³-hybridized carbons (Fsp3) is 0.316. The Labute approximate surface area is 274 Å². The number of unbranched alkanes of at least 4 members (excludes halogenated alkanes) is 1. The van der Waals surface area contributed by atoms with E-state index in [4.69, 9.17) is 0 Å². The topological polar surface area (TPSA) is 86.8 Å². The van der Waals surface area contributed by atoms with Crippen LogP contribution in [0, 0.1) is 27.7 Å². The Kier molecular flexibility index (Phi) is 11.8. The van der Waals surface area contributed by atoms with Crippen LogP contribution in [-0.4, -0.2) is 44.3 Å².